The first-order valence-corrected chi connectivity index (χ1v) is 13.9. The maximum Gasteiger partial charge on any atom is 0.166 e. The van der Waals surface area contributed by atoms with Crippen LogP contribution in [0.15, 0.2) is 136 Å². The van der Waals surface area contributed by atoms with Crippen LogP contribution < -0.4 is 4.74 Å². The zero-order valence-electron chi connectivity index (χ0n) is 19.7. The molecule has 5 aromatic carbocycles. The highest BCUT2D eigenvalue weighted by Crippen LogP contribution is 2.34. The molecule has 5 aromatic rings. The van der Waals surface area contributed by atoms with E-state index in [1.165, 1.54) is 40.5 Å². The van der Waals surface area contributed by atoms with Crippen LogP contribution in [0.2, 0.25) is 0 Å². The molecule has 5 rings (SSSR count). The summed E-state index contributed by atoms with van der Waals surface area (Å²) in [4.78, 5) is 3.91. The molecule has 0 atom stereocenters. The van der Waals surface area contributed by atoms with Crippen LogP contribution in [-0.2, 0) is 10.9 Å². The summed E-state index contributed by atoms with van der Waals surface area (Å²) in [6.07, 6.45) is 0. The van der Waals surface area contributed by atoms with Gasteiger partial charge in [-0.2, -0.15) is 0 Å². The zero-order chi connectivity index (χ0) is 24.2. The molecule has 0 aliphatic heterocycles. The Kier molecular flexibility index (Phi) is 7.26. The molecule has 0 aliphatic rings. The summed E-state index contributed by atoms with van der Waals surface area (Å²) < 4.78 is 7.42. The van der Waals surface area contributed by atoms with Crippen LogP contribution in [0, 0.1) is 17.4 Å². The third kappa shape index (κ3) is 5.63. The first kappa shape index (κ1) is 23.7. The molecule has 0 spiro atoms. The summed E-state index contributed by atoms with van der Waals surface area (Å²) in [5, 5.41) is 0. The van der Waals surface area contributed by atoms with E-state index in [1.807, 2.05) is 12.1 Å². The first-order valence-electron chi connectivity index (χ1n) is 11.6. The maximum absolute atomic E-state index is 6.18. The van der Waals surface area contributed by atoms with Crippen molar-refractivity contribution >= 4 is 33.5 Å². The summed E-state index contributed by atoms with van der Waals surface area (Å²) in [7, 11) is -0.169. The fourth-order valence-corrected chi connectivity index (χ4v) is 6.67. The Hall–Kier alpha value is -3.02. The SMILES string of the molecule is Cc1ccc([S+](c2ccc(C)cc2)c2ccc(Oc3ccc(-c4ccccc4I)cc3)cc2)cc1. The number of aryl methyl sites for hydroxylation is 2. The van der Waals surface area contributed by atoms with Crippen LogP contribution in [0.4, 0.5) is 0 Å². The lowest BCUT2D eigenvalue weighted by atomic mass is 10.1. The van der Waals surface area contributed by atoms with Gasteiger partial charge in [0.2, 0.25) is 0 Å². The van der Waals surface area contributed by atoms with Crippen molar-refractivity contribution in [3.63, 3.8) is 0 Å². The topological polar surface area (TPSA) is 9.23 Å². The van der Waals surface area contributed by atoms with Gasteiger partial charge in [0, 0.05) is 3.57 Å². The quantitative estimate of drug-likeness (QED) is 0.143. The highest BCUT2D eigenvalue weighted by atomic mass is 127. The number of benzene rings is 5. The van der Waals surface area contributed by atoms with Gasteiger partial charge in [-0.1, -0.05) is 65.7 Å². The van der Waals surface area contributed by atoms with E-state index in [2.05, 4.69) is 146 Å². The number of ether oxygens (including phenoxy) is 1. The van der Waals surface area contributed by atoms with Crippen LogP contribution in [0.1, 0.15) is 11.1 Å². The lowest BCUT2D eigenvalue weighted by Gasteiger charge is -2.11. The highest BCUT2D eigenvalue weighted by molar-refractivity contribution is 14.1. The van der Waals surface area contributed by atoms with Gasteiger partial charge in [-0.15, -0.1) is 0 Å². The summed E-state index contributed by atoms with van der Waals surface area (Å²) in [5.41, 5.74) is 4.98. The van der Waals surface area contributed by atoms with E-state index in [4.69, 9.17) is 4.74 Å². The van der Waals surface area contributed by atoms with Crippen LogP contribution in [0.3, 0.4) is 0 Å². The molecule has 172 valence electrons. The minimum Gasteiger partial charge on any atom is -0.457 e. The summed E-state index contributed by atoms with van der Waals surface area (Å²) in [6.45, 7) is 4.26. The molecule has 35 heavy (non-hydrogen) atoms. The molecule has 0 N–H and O–H groups in total. The van der Waals surface area contributed by atoms with Gasteiger partial charge in [0.1, 0.15) is 11.5 Å². The van der Waals surface area contributed by atoms with E-state index in [-0.39, 0.29) is 10.9 Å². The lowest BCUT2D eigenvalue weighted by Crippen LogP contribution is -2.05. The third-order valence-electron chi connectivity index (χ3n) is 5.85. The predicted molar refractivity (Wildman–Crippen MR) is 156 cm³/mol. The molecular weight excluding hydrogens is 559 g/mol. The molecule has 0 aliphatic carbocycles. The number of hydrogen-bond donors (Lipinski definition) is 0. The van der Waals surface area contributed by atoms with E-state index in [9.17, 15) is 0 Å². The van der Waals surface area contributed by atoms with Crippen molar-refractivity contribution in [1.82, 2.24) is 0 Å². The van der Waals surface area contributed by atoms with Crippen molar-refractivity contribution in [2.45, 2.75) is 28.5 Å². The van der Waals surface area contributed by atoms with Crippen LogP contribution >= 0.6 is 22.6 Å². The number of hydrogen-bond acceptors (Lipinski definition) is 1. The number of halogens is 1. The predicted octanol–water partition coefficient (Wildman–Crippen LogP) is 9.46. The minimum atomic E-state index is -0.169. The molecule has 0 amide bonds. The van der Waals surface area contributed by atoms with E-state index >= 15 is 0 Å². The highest BCUT2D eigenvalue weighted by Gasteiger charge is 2.28. The van der Waals surface area contributed by atoms with Gasteiger partial charge >= 0.3 is 0 Å². The Morgan fingerprint density at radius 1 is 0.514 bits per heavy atom. The van der Waals surface area contributed by atoms with Crippen LogP contribution in [0.5, 0.6) is 11.5 Å². The molecule has 1 nitrogen and oxygen atoms in total. The van der Waals surface area contributed by atoms with Gasteiger partial charge in [-0.05, 0) is 114 Å². The van der Waals surface area contributed by atoms with Gasteiger partial charge in [0.25, 0.3) is 0 Å². The van der Waals surface area contributed by atoms with E-state index in [0.29, 0.717) is 0 Å². The van der Waals surface area contributed by atoms with Crippen molar-refractivity contribution in [3.05, 3.63) is 136 Å². The Morgan fingerprint density at radius 2 is 0.943 bits per heavy atom. The Morgan fingerprint density at radius 3 is 1.43 bits per heavy atom. The van der Waals surface area contributed by atoms with E-state index < -0.39 is 0 Å². The molecule has 0 heterocycles. The van der Waals surface area contributed by atoms with Gasteiger partial charge in [-0.3, -0.25) is 0 Å². The minimum absolute atomic E-state index is 0.169. The average Bonchev–Trinajstić information content (AvgIpc) is 2.88. The molecule has 3 heteroatoms. The maximum atomic E-state index is 6.18. The summed E-state index contributed by atoms with van der Waals surface area (Å²) in [5.74, 6) is 1.68. The van der Waals surface area contributed by atoms with Gasteiger partial charge in [0.05, 0.1) is 10.9 Å². The van der Waals surface area contributed by atoms with E-state index in [0.717, 1.165) is 11.5 Å². The van der Waals surface area contributed by atoms with Crippen molar-refractivity contribution in [2.75, 3.05) is 0 Å². The Balaban J connectivity index is 1.38. The lowest BCUT2D eigenvalue weighted by molar-refractivity contribution is 0.482. The largest absolute Gasteiger partial charge is 0.457 e. The van der Waals surface area contributed by atoms with Gasteiger partial charge in [-0.25, -0.2) is 0 Å². The van der Waals surface area contributed by atoms with Crippen LogP contribution in [0.25, 0.3) is 11.1 Å². The van der Waals surface area contributed by atoms with Crippen molar-refractivity contribution in [3.8, 4) is 22.6 Å². The van der Waals surface area contributed by atoms with Gasteiger partial charge in [0.15, 0.2) is 14.7 Å². The van der Waals surface area contributed by atoms with Crippen LogP contribution in [-0.4, -0.2) is 0 Å². The summed E-state index contributed by atoms with van der Waals surface area (Å²) in [6, 6.07) is 43.0. The molecule has 0 saturated carbocycles. The van der Waals surface area contributed by atoms with Crippen molar-refractivity contribution in [1.29, 1.82) is 0 Å². The monoisotopic (exact) mass is 585 g/mol. The second-order valence-electron chi connectivity index (χ2n) is 8.51. The normalized spacial score (nSPS) is 11.0. The molecule has 0 fully saturated rings. The molecule has 0 bridgehead atoms. The smallest absolute Gasteiger partial charge is 0.166 e. The Labute approximate surface area is 224 Å². The average molecular weight is 586 g/mol. The fraction of sp³-hybridized carbons (Fsp3) is 0.0625. The fourth-order valence-electron chi connectivity index (χ4n) is 3.93. The Bertz CT molecular complexity index is 1360. The van der Waals surface area contributed by atoms with E-state index in [1.54, 1.807) is 0 Å². The van der Waals surface area contributed by atoms with Crippen molar-refractivity contribution < 1.29 is 4.74 Å². The molecule has 0 unspecified atom stereocenters. The second-order valence-corrected chi connectivity index (χ2v) is 11.7. The second kappa shape index (κ2) is 10.7. The molecule has 0 aromatic heterocycles. The standard InChI is InChI=1S/C32H26IOS/c1-23-7-17-28(18-8-23)35(29-19-9-24(2)10-20-29)30-21-15-27(16-22-30)34-26-13-11-25(12-14-26)31-5-3-4-6-32(31)33/h3-22H,1-2H3/q+1. The zero-order valence-corrected chi connectivity index (χ0v) is 22.7. The molecule has 0 saturated heterocycles. The third-order valence-corrected chi connectivity index (χ3v) is 9.02. The van der Waals surface area contributed by atoms with Gasteiger partial charge < -0.3 is 4.74 Å². The molecule has 0 radical (unpaired) electrons. The number of rotatable bonds is 6. The molecular formula is C32H26IOS+. The first-order chi connectivity index (χ1) is 17.1. The summed E-state index contributed by atoms with van der Waals surface area (Å²) >= 11 is 2.38. The van der Waals surface area contributed by atoms with Crippen molar-refractivity contribution in [2.24, 2.45) is 0 Å².